The van der Waals surface area contributed by atoms with E-state index in [1.54, 1.807) is 20.1 Å². The van der Waals surface area contributed by atoms with E-state index in [-0.39, 0.29) is 12.3 Å². The second-order valence-electron chi connectivity index (χ2n) is 5.00. The van der Waals surface area contributed by atoms with Crippen LogP contribution in [-0.4, -0.2) is 28.9 Å². The number of nitrogens with zero attached hydrogens (tertiary/aromatic N) is 3. The number of esters is 1. The maximum Gasteiger partial charge on any atom is 0.361 e. The highest BCUT2D eigenvalue weighted by Gasteiger charge is 2.24. The van der Waals surface area contributed by atoms with Gasteiger partial charge in [0.25, 0.3) is 0 Å². The topological polar surface area (TPSA) is 89.6 Å². The van der Waals surface area contributed by atoms with Crippen LogP contribution < -0.4 is 5.43 Å². The zero-order valence-electron chi connectivity index (χ0n) is 13.7. The first kappa shape index (κ1) is 16.8. The van der Waals surface area contributed by atoms with Crippen LogP contribution in [0.3, 0.4) is 0 Å². The van der Waals surface area contributed by atoms with Gasteiger partial charge in [0.05, 0.1) is 24.1 Å². The minimum absolute atomic E-state index is 0.129. The first-order valence-electron chi connectivity index (χ1n) is 7.62. The molecule has 0 radical (unpaired) electrons. The largest absolute Gasteiger partial charge is 0.461 e. The molecule has 3 rings (SSSR count). The van der Waals surface area contributed by atoms with Crippen molar-refractivity contribution in [1.29, 1.82) is 0 Å². The number of hydrogen-bond acceptors (Lipinski definition) is 8. The van der Waals surface area contributed by atoms with Gasteiger partial charge in [0.15, 0.2) is 0 Å². The van der Waals surface area contributed by atoms with Crippen LogP contribution in [0.2, 0.25) is 0 Å². The molecular weight excluding hydrogens is 340 g/mol. The van der Waals surface area contributed by atoms with Gasteiger partial charge >= 0.3 is 5.97 Å². The van der Waals surface area contributed by atoms with Crippen LogP contribution in [0.4, 0.5) is 5.13 Å². The Hall–Kier alpha value is -3.00. The second-order valence-corrected chi connectivity index (χ2v) is 5.86. The molecule has 1 aromatic carbocycles. The van der Waals surface area contributed by atoms with Gasteiger partial charge in [0.2, 0.25) is 10.8 Å². The third kappa shape index (κ3) is 3.92. The molecule has 0 fully saturated rings. The number of hydrogen-bond donors (Lipinski definition) is 1. The van der Waals surface area contributed by atoms with Gasteiger partial charge in [0.1, 0.15) is 5.76 Å². The molecule has 25 heavy (non-hydrogen) atoms. The Bertz CT molecular complexity index is 886. The molecule has 0 spiro atoms. The van der Waals surface area contributed by atoms with Crippen molar-refractivity contribution < 1.29 is 14.1 Å². The lowest BCUT2D eigenvalue weighted by molar-refractivity contribution is 0.0515. The monoisotopic (exact) mass is 356 g/mol. The molecule has 0 bridgehead atoms. The van der Waals surface area contributed by atoms with Gasteiger partial charge in [-0.3, -0.25) is 5.43 Å². The molecule has 0 saturated heterocycles. The minimum atomic E-state index is -0.529. The molecule has 0 amide bonds. The molecule has 0 aliphatic rings. The van der Waals surface area contributed by atoms with E-state index < -0.39 is 5.97 Å². The van der Waals surface area contributed by atoms with Crippen molar-refractivity contribution in [3.63, 3.8) is 0 Å². The Morgan fingerprint density at radius 3 is 2.96 bits per heavy atom. The quantitative estimate of drug-likeness (QED) is 0.411. The second kappa shape index (κ2) is 7.71. The number of ether oxygens (including phenoxy) is 1. The number of anilines is 1. The summed E-state index contributed by atoms with van der Waals surface area (Å²) in [5.74, 6) is -0.0216. The van der Waals surface area contributed by atoms with E-state index in [1.807, 2.05) is 35.7 Å². The van der Waals surface area contributed by atoms with Gasteiger partial charge in [-0.15, -0.1) is 11.3 Å². The molecule has 0 atom stereocenters. The molecule has 128 valence electrons. The summed E-state index contributed by atoms with van der Waals surface area (Å²) >= 11 is 1.37. The van der Waals surface area contributed by atoms with Gasteiger partial charge in [-0.25, -0.2) is 9.78 Å². The van der Waals surface area contributed by atoms with Crippen molar-refractivity contribution in [2.24, 2.45) is 5.10 Å². The first-order chi connectivity index (χ1) is 12.2. The smallest absolute Gasteiger partial charge is 0.361 e. The highest BCUT2D eigenvalue weighted by Crippen LogP contribution is 2.30. The Labute approximate surface area is 148 Å². The van der Waals surface area contributed by atoms with Crippen molar-refractivity contribution >= 4 is 28.7 Å². The number of nitrogens with one attached hydrogen (secondary N) is 1. The van der Waals surface area contributed by atoms with Crippen molar-refractivity contribution in [2.75, 3.05) is 12.0 Å². The summed E-state index contributed by atoms with van der Waals surface area (Å²) in [4.78, 5) is 16.4. The molecule has 2 aromatic heterocycles. The number of carbonyl (C=O) groups excluding carboxylic acids is 1. The predicted molar refractivity (Wildman–Crippen MR) is 96.0 cm³/mol. The fraction of sp³-hybridized carbons (Fsp3) is 0.176. The fourth-order valence-corrected chi connectivity index (χ4v) is 2.80. The normalized spacial score (nSPS) is 11.0. The third-order valence-electron chi connectivity index (χ3n) is 3.27. The van der Waals surface area contributed by atoms with Crippen molar-refractivity contribution in [3.8, 4) is 11.3 Å². The maximum atomic E-state index is 12.0. The highest BCUT2D eigenvalue weighted by atomic mass is 32.1. The van der Waals surface area contributed by atoms with E-state index in [0.29, 0.717) is 22.1 Å². The van der Waals surface area contributed by atoms with E-state index in [0.717, 1.165) is 5.56 Å². The minimum Gasteiger partial charge on any atom is -0.461 e. The molecule has 2 heterocycles. The van der Waals surface area contributed by atoms with Crippen LogP contribution in [0.5, 0.6) is 0 Å². The third-order valence-corrected chi connectivity index (χ3v) is 4.01. The Balaban J connectivity index is 1.77. The highest BCUT2D eigenvalue weighted by molar-refractivity contribution is 7.14. The number of aryl methyl sites for hydroxylation is 1. The molecule has 3 aromatic rings. The predicted octanol–water partition coefficient (Wildman–Crippen LogP) is 3.73. The van der Waals surface area contributed by atoms with Gasteiger partial charge in [-0.2, -0.15) is 5.10 Å². The van der Waals surface area contributed by atoms with Crippen molar-refractivity contribution in [2.45, 2.75) is 13.8 Å². The summed E-state index contributed by atoms with van der Waals surface area (Å²) in [6, 6.07) is 9.72. The Morgan fingerprint density at radius 1 is 1.40 bits per heavy atom. The summed E-state index contributed by atoms with van der Waals surface area (Å²) in [5.41, 5.74) is 5.11. The molecule has 0 unspecified atom stereocenters. The van der Waals surface area contributed by atoms with Gasteiger partial charge in [-0.1, -0.05) is 35.5 Å². The van der Waals surface area contributed by atoms with Crippen molar-refractivity contribution in [1.82, 2.24) is 10.1 Å². The van der Waals surface area contributed by atoms with Crippen LogP contribution in [0.15, 0.2) is 45.3 Å². The van der Waals surface area contributed by atoms with Gasteiger partial charge in [0, 0.05) is 5.38 Å². The standard InChI is InChI=1S/C17H16N4O3S/c1-3-23-16(22)15-14(11(2)24-21-15)13-10-25-17(19-13)20-18-9-12-7-5-4-6-8-12/h4-10H,3H2,1-2H3,(H,19,20). The average Bonchev–Trinajstić information content (AvgIpc) is 3.22. The SMILES string of the molecule is CCOC(=O)c1noc(C)c1-c1csc(NN=Cc2ccccc2)n1. The van der Waals surface area contributed by atoms with Gasteiger partial charge < -0.3 is 9.26 Å². The van der Waals surface area contributed by atoms with E-state index in [9.17, 15) is 4.79 Å². The average molecular weight is 356 g/mol. The van der Waals surface area contributed by atoms with Crippen LogP contribution in [0.25, 0.3) is 11.3 Å². The first-order valence-corrected chi connectivity index (χ1v) is 8.50. The molecule has 1 N–H and O–H groups in total. The number of thiazole rings is 1. The van der Waals surface area contributed by atoms with Crippen LogP contribution in [0, 0.1) is 6.92 Å². The van der Waals surface area contributed by atoms with Gasteiger partial charge in [-0.05, 0) is 19.4 Å². The van der Waals surface area contributed by atoms with E-state index >= 15 is 0 Å². The summed E-state index contributed by atoms with van der Waals surface area (Å²) < 4.78 is 10.1. The Kier molecular flexibility index (Phi) is 5.20. The summed E-state index contributed by atoms with van der Waals surface area (Å²) in [7, 11) is 0. The zero-order valence-corrected chi connectivity index (χ0v) is 14.5. The molecule has 0 aliphatic carbocycles. The fourth-order valence-electron chi connectivity index (χ4n) is 2.15. The van der Waals surface area contributed by atoms with E-state index in [4.69, 9.17) is 9.26 Å². The number of rotatable bonds is 6. The lowest BCUT2D eigenvalue weighted by Crippen LogP contribution is -2.06. The summed E-state index contributed by atoms with van der Waals surface area (Å²) in [5, 5.41) is 10.3. The lowest BCUT2D eigenvalue weighted by atomic mass is 10.1. The summed E-state index contributed by atoms with van der Waals surface area (Å²) in [6.45, 7) is 3.73. The van der Waals surface area contributed by atoms with Crippen LogP contribution in [0.1, 0.15) is 28.7 Å². The number of benzene rings is 1. The molecule has 0 saturated carbocycles. The van der Waals surface area contributed by atoms with Crippen molar-refractivity contribution in [3.05, 3.63) is 52.7 Å². The molecule has 0 aliphatic heterocycles. The molecular formula is C17H16N4O3S. The molecule has 7 nitrogen and oxygen atoms in total. The number of hydrazone groups is 1. The lowest BCUT2D eigenvalue weighted by Gasteiger charge is -1.99. The van der Waals surface area contributed by atoms with E-state index in [2.05, 4.69) is 20.7 Å². The van der Waals surface area contributed by atoms with Crippen LogP contribution in [-0.2, 0) is 4.74 Å². The number of aromatic nitrogens is 2. The number of carbonyl (C=O) groups is 1. The summed E-state index contributed by atoms with van der Waals surface area (Å²) in [6.07, 6.45) is 1.70. The maximum absolute atomic E-state index is 12.0. The molecule has 8 heteroatoms. The zero-order chi connectivity index (χ0) is 17.6. The van der Waals surface area contributed by atoms with E-state index in [1.165, 1.54) is 11.3 Å². The van der Waals surface area contributed by atoms with Crippen LogP contribution >= 0.6 is 11.3 Å². The Morgan fingerprint density at radius 2 is 2.20 bits per heavy atom.